The fourth-order valence-corrected chi connectivity index (χ4v) is 4.61. The molecule has 1 amide bonds. The monoisotopic (exact) mass is 468 g/mol. The van der Waals surface area contributed by atoms with Crippen molar-refractivity contribution in [2.24, 2.45) is 0 Å². The molecule has 35 heavy (non-hydrogen) atoms. The summed E-state index contributed by atoms with van der Waals surface area (Å²) in [6, 6.07) is 16.1. The summed E-state index contributed by atoms with van der Waals surface area (Å²) in [5.74, 6) is 0.865. The van der Waals surface area contributed by atoms with Gasteiger partial charge in [0.1, 0.15) is 17.2 Å². The number of carbonyl (C=O) groups excluding carboxylic acids is 1. The Morgan fingerprint density at radius 1 is 1.00 bits per heavy atom. The molecule has 0 saturated heterocycles. The number of hydrogen-bond donors (Lipinski definition) is 0. The summed E-state index contributed by atoms with van der Waals surface area (Å²) in [6.45, 7) is 6.64. The second kappa shape index (κ2) is 9.37. The summed E-state index contributed by atoms with van der Waals surface area (Å²) < 4.78 is 12.0. The van der Waals surface area contributed by atoms with Gasteiger partial charge in [-0.05, 0) is 67.8 Å². The van der Waals surface area contributed by atoms with Crippen LogP contribution in [0.5, 0.6) is 5.75 Å². The Hall–Kier alpha value is -3.93. The highest BCUT2D eigenvalue weighted by Gasteiger charge is 2.44. The standard InChI is InChI=1S/C29H28N2O4/c1-4-5-6-14-34-21-9-7-8-20(17-21)26-25-27(32)22-15-18(2)10-11-23(22)35-28(25)29(33)31(26)24-16-19(3)12-13-30-24/h7-13,15-17,26H,4-6,14H2,1-3H3. The van der Waals surface area contributed by atoms with Crippen molar-refractivity contribution in [1.29, 1.82) is 0 Å². The minimum absolute atomic E-state index is 0.0638. The first-order valence-corrected chi connectivity index (χ1v) is 12.0. The number of aromatic nitrogens is 1. The van der Waals surface area contributed by atoms with E-state index in [1.807, 2.05) is 62.4 Å². The number of benzene rings is 2. The number of unbranched alkanes of at least 4 members (excludes halogenated alkanes) is 2. The number of fused-ring (bicyclic) bond motifs is 2. The predicted molar refractivity (Wildman–Crippen MR) is 136 cm³/mol. The third-order valence-corrected chi connectivity index (χ3v) is 6.36. The van der Waals surface area contributed by atoms with Crippen molar-refractivity contribution < 1.29 is 13.9 Å². The van der Waals surface area contributed by atoms with Crippen LogP contribution in [0.15, 0.2) is 70.0 Å². The molecule has 0 fully saturated rings. The van der Waals surface area contributed by atoms with Gasteiger partial charge in [0.2, 0.25) is 5.76 Å². The lowest BCUT2D eigenvalue weighted by Gasteiger charge is -2.24. The Labute approximate surface area is 204 Å². The summed E-state index contributed by atoms with van der Waals surface area (Å²) in [4.78, 5) is 33.5. The molecule has 1 aliphatic heterocycles. The summed E-state index contributed by atoms with van der Waals surface area (Å²) in [5, 5.41) is 0.465. The van der Waals surface area contributed by atoms with Gasteiger partial charge in [-0.25, -0.2) is 4.98 Å². The second-order valence-corrected chi connectivity index (χ2v) is 9.07. The maximum atomic E-state index is 13.8. The van der Waals surface area contributed by atoms with Crippen molar-refractivity contribution in [2.75, 3.05) is 11.5 Å². The van der Waals surface area contributed by atoms with Gasteiger partial charge in [-0.3, -0.25) is 14.5 Å². The van der Waals surface area contributed by atoms with E-state index in [2.05, 4.69) is 11.9 Å². The molecule has 6 heteroatoms. The van der Waals surface area contributed by atoms with Gasteiger partial charge in [0.25, 0.3) is 5.91 Å². The number of rotatable bonds is 7. The van der Waals surface area contributed by atoms with Crippen molar-refractivity contribution >= 4 is 22.7 Å². The van der Waals surface area contributed by atoms with Gasteiger partial charge in [-0.1, -0.05) is 43.5 Å². The zero-order chi connectivity index (χ0) is 24.5. The fraction of sp³-hybridized carbons (Fsp3) is 0.276. The van der Waals surface area contributed by atoms with Crippen molar-refractivity contribution in [2.45, 2.75) is 46.1 Å². The van der Waals surface area contributed by atoms with Crippen LogP contribution in [-0.2, 0) is 0 Å². The first kappa shape index (κ1) is 22.8. The lowest BCUT2D eigenvalue weighted by molar-refractivity contribution is 0.0970. The van der Waals surface area contributed by atoms with Gasteiger partial charge in [-0.2, -0.15) is 0 Å². The maximum absolute atomic E-state index is 13.8. The molecule has 0 N–H and O–H groups in total. The molecule has 6 nitrogen and oxygen atoms in total. The summed E-state index contributed by atoms with van der Waals surface area (Å²) in [6.07, 6.45) is 4.86. The summed E-state index contributed by atoms with van der Waals surface area (Å²) >= 11 is 0. The van der Waals surface area contributed by atoms with Crippen LogP contribution in [0.3, 0.4) is 0 Å². The Morgan fingerprint density at radius 2 is 1.83 bits per heavy atom. The first-order valence-electron chi connectivity index (χ1n) is 12.0. The van der Waals surface area contributed by atoms with E-state index in [9.17, 15) is 9.59 Å². The van der Waals surface area contributed by atoms with Crippen molar-refractivity contribution in [3.8, 4) is 5.75 Å². The molecule has 1 aliphatic rings. The van der Waals surface area contributed by atoms with Crippen LogP contribution in [0.4, 0.5) is 5.82 Å². The topological polar surface area (TPSA) is 72.6 Å². The van der Waals surface area contributed by atoms with E-state index in [0.717, 1.165) is 36.0 Å². The van der Waals surface area contributed by atoms with E-state index in [4.69, 9.17) is 9.15 Å². The molecule has 0 spiro atoms. The second-order valence-electron chi connectivity index (χ2n) is 9.07. The molecule has 0 saturated carbocycles. The van der Waals surface area contributed by atoms with E-state index in [1.54, 1.807) is 17.2 Å². The molecule has 4 aromatic rings. The Bertz CT molecular complexity index is 1470. The predicted octanol–water partition coefficient (Wildman–Crippen LogP) is 6.12. The largest absolute Gasteiger partial charge is 0.494 e. The maximum Gasteiger partial charge on any atom is 0.296 e. The molecule has 2 aromatic heterocycles. The fourth-order valence-electron chi connectivity index (χ4n) is 4.61. The molecule has 1 unspecified atom stereocenters. The highest BCUT2D eigenvalue weighted by atomic mass is 16.5. The quantitative estimate of drug-likeness (QED) is 0.305. The van der Waals surface area contributed by atoms with Crippen LogP contribution < -0.4 is 15.1 Å². The van der Waals surface area contributed by atoms with Crippen molar-refractivity contribution in [3.63, 3.8) is 0 Å². The highest BCUT2D eigenvalue weighted by molar-refractivity contribution is 6.10. The van der Waals surface area contributed by atoms with E-state index in [1.165, 1.54) is 0 Å². The number of amides is 1. The van der Waals surface area contributed by atoms with E-state index < -0.39 is 6.04 Å². The normalized spacial score (nSPS) is 15.0. The molecular formula is C29H28N2O4. The first-order chi connectivity index (χ1) is 17.0. The number of anilines is 1. The van der Waals surface area contributed by atoms with Gasteiger partial charge >= 0.3 is 0 Å². The molecule has 0 radical (unpaired) electrons. The molecule has 0 bridgehead atoms. The molecule has 2 aromatic carbocycles. The highest BCUT2D eigenvalue weighted by Crippen LogP contribution is 2.41. The molecular weight excluding hydrogens is 440 g/mol. The van der Waals surface area contributed by atoms with Gasteiger partial charge < -0.3 is 9.15 Å². The van der Waals surface area contributed by atoms with Crippen LogP contribution in [0.1, 0.15) is 65.0 Å². The lowest BCUT2D eigenvalue weighted by Crippen LogP contribution is -2.30. The van der Waals surface area contributed by atoms with E-state index in [-0.39, 0.29) is 17.1 Å². The van der Waals surface area contributed by atoms with Crippen LogP contribution in [0.25, 0.3) is 11.0 Å². The van der Waals surface area contributed by atoms with E-state index in [0.29, 0.717) is 34.7 Å². The Kier molecular flexibility index (Phi) is 6.12. The van der Waals surface area contributed by atoms with E-state index >= 15 is 0 Å². The number of aryl methyl sites for hydroxylation is 2. The average molecular weight is 469 g/mol. The van der Waals surface area contributed by atoms with Crippen LogP contribution >= 0.6 is 0 Å². The number of hydrogen-bond acceptors (Lipinski definition) is 5. The molecule has 1 atom stereocenters. The number of ether oxygens (including phenoxy) is 1. The zero-order valence-corrected chi connectivity index (χ0v) is 20.2. The Balaban J connectivity index is 1.68. The minimum Gasteiger partial charge on any atom is -0.494 e. The number of carbonyl (C=O) groups is 1. The minimum atomic E-state index is -0.674. The average Bonchev–Trinajstić information content (AvgIpc) is 3.15. The number of pyridine rings is 1. The van der Waals surface area contributed by atoms with Crippen molar-refractivity contribution in [3.05, 3.63) is 99.0 Å². The van der Waals surface area contributed by atoms with Crippen molar-refractivity contribution in [1.82, 2.24) is 4.98 Å². The van der Waals surface area contributed by atoms with Gasteiger partial charge in [-0.15, -0.1) is 0 Å². The molecule has 0 aliphatic carbocycles. The third-order valence-electron chi connectivity index (χ3n) is 6.36. The summed E-state index contributed by atoms with van der Waals surface area (Å²) in [7, 11) is 0. The molecule has 3 heterocycles. The molecule has 178 valence electrons. The molecule has 5 rings (SSSR count). The van der Waals surface area contributed by atoms with Gasteiger partial charge in [0, 0.05) is 6.20 Å². The SMILES string of the molecule is CCCCCOc1cccc(C2c3c(oc4ccc(C)cc4c3=O)C(=O)N2c2cc(C)ccn2)c1. The summed E-state index contributed by atoms with van der Waals surface area (Å²) in [5.41, 5.74) is 3.22. The van der Waals surface area contributed by atoms with Gasteiger partial charge in [0.05, 0.1) is 23.6 Å². The van der Waals surface area contributed by atoms with Crippen LogP contribution in [0, 0.1) is 13.8 Å². The Morgan fingerprint density at radius 3 is 2.63 bits per heavy atom. The smallest absolute Gasteiger partial charge is 0.296 e. The van der Waals surface area contributed by atoms with Crippen LogP contribution in [0.2, 0.25) is 0 Å². The van der Waals surface area contributed by atoms with Gasteiger partial charge in [0.15, 0.2) is 5.43 Å². The lowest BCUT2D eigenvalue weighted by atomic mass is 9.98. The zero-order valence-electron chi connectivity index (χ0n) is 20.2. The number of nitrogens with zero attached hydrogens (tertiary/aromatic N) is 2. The van der Waals surface area contributed by atoms with Crippen LogP contribution in [-0.4, -0.2) is 17.5 Å². The third kappa shape index (κ3) is 4.20.